The third-order valence-corrected chi connectivity index (χ3v) is 2.17. The fraction of sp³-hybridized carbons (Fsp3) is 0.357. The molecule has 0 spiro atoms. The average molecular weight is 264 g/mol. The number of ether oxygens (including phenoxy) is 1. The first-order chi connectivity index (χ1) is 8.40. The van der Waals surface area contributed by atoms with E-state index in [1.807, 2.05) is 24.3 Å². The van der Waals surface area contributed by atoms with Crippen molar-refractivity contribution in [3.8, 4) is 5.75 Å². The van der Waals surface area contributed by atoms with Crippen LogP contribution < -0.4 is 15.4 Å². The first-order valence-corrected chi connectivity index (χ1v) is 6.24. The van der Waals surface area contributed by atoms with Gasteiger partial charge in [0.1, 0.15) is 12.4 Å². The molecule has 0 saturated heterocycles. The van der Waals surface area contributed by atoms with Gasteiger partial charge in [-0.1, -0.05) is 12.7 Å². The summed E-state index contributed by atoms with van der Waals surface area (Å²) in [5.41, 5.74) is 0.889. The topological polar surface area (TPSA) is 33.3 Å². The Morgan fingerprint density at radius 1 is 1.33 bits per heavy atom. The summed E-state index contributed by atoms with van der Waals surface area (Å²) in [5, 5.41) is 6.93. The SMILES string of the molecule is C=CCOc1ccc(NC(=S)NC(C)(C)C)cc1. The minimum Gasteiger partial charge on any atom is -0.490 e. The number of nitrogens with one attached hydrogen (secondary N) is 2. The summed E-state index contributed by atoms with van der Waals surface area (Å²) in [4.78, 5) is 0. The molecule has 98 valence electrons. The molecule has 0 fully saturated rings. The fourth-order valence-corrected chi connectivity index (χ4v) is 1.72. The molecule has 0 bridgehead atoms. The lowest BCUT2D eigenvalue weighted by Gasteiger charge is -2.23. The highest BCUT2D eigenvalue weighted by molar-refractivity contribution is 7.80. The van der Waals surface area contributed by atoms with Crippen LogP contribution in [-0.2, 0) is 0 Å². The molecule has 1 aromatic carbocycles. The van der Waals surface area contributed by atoms with Crippen LogP contribution in [0.2, 0.25) is 0 Å². The third kappa shape index (κ3) is 5.68. The van der Waals surface area contributed by atoms with Gasteiger partial charge in [0.25, 0.3) is 0 Å². The zero-order valence-electron chi connectivity index (χ0n) is 11.1. The first kappa shape index (κ1) is 14.5. The van der Waals surface area contributed by atoms with E-state index in [4.69, 9.17) is 17.0 Å². The van der Waals surface area contributed by atoms with E-state index in [0.717, 1.165) is 11.4 Å². The fourth-order valence-electron chi connectivity index (χ4n) is 1.29. The van der Waals surface area contributed by atoms with Gasteiger partial charge in [-0.25, -0.2) is 0 Å². The second kappa shape index (κ2) is 6.40. The number of benzene rings is 1. The summed E-state index contributed by atoms with van der Waals surface area (Å²) in [6.45, 7) is 10.3. The Kier molecular flexibility index (Phi) is 5.16. The smallest absolute Gasteiger partial charge is 0.171 e. The van der Waals surface area contributed by atoms with E-state index in [9.17, 15) is 0 Å². The highest BCUT2D eigenvalue weighted by Gasteiger charge is 2.10. The van der Waals surface area contributed by atoms with Crippen LogP contribution in [0.15, 0.2) is 36.9 Å². The van der Waals surface area contributed by atoms with Crippen molar-refractivity contribution in [3.05, 3.63) is 36.9 Å². The minimum atomic E-state index is -0.0445. The predicted molar refractivity (Wildman–Crippen MR) is 81.2 cm³/mol. The second-order valence-electron chi connectivity index (χ2n) is 4.95. The van der Waals surface area contributed by atoms with Crippen LogP contribution >= 0.6 is 12.2 Å². The lowest BCUT2D eigenvalue weighted by molar-refractivity contribution is 0.363. The van der Waals surface area contributed by atoms with Gasteiger partial charge in [0, 0.05) is 11.2 Å². The molecule has 0 atom stereocenters. The molecular weight excluding hydrogens is 244 g/mol. The normalized spacial score (nSPS) is 10.6. The van der Waals surface area contributed by atoms with E-state index in [1.165, 1.54) is 0 Å². The summed E-state index contributed by atoms with van der Waals surface area (Å²) < 4.78 is 5.40. The van der Waals surface area contributed by atoms with Gasteiger partial charge >= 0.3 is 0 Å². The van der Waals surface area contributed by atoms with Crippen molar-refractivity contribution in [3.63, 3.8) is 0 Å². The largest absolute Gasteiger partial charge is 0.490 e. The van der Waals surface area contributed by atoms with Crippen LogP contribution in [0.5, 0.6) is 5.75 Å². The highest BCUT2D eigenvalue weighted by atomic mass is 32.1. The Morgan fingerprint density at radius 2 is 1.94 bits per heavy atom. The van der Waals surface area contributed by atoms with Crippen LogP contribution in [-0.4, -0.2) is 17.3 Å². The first-order valence-electron chi connectivity index (χ1n) is 5.83. The molecule has 0 aliphatic rings. The molecular formula is C14H20N2OS. The van der Waals surface area contributed by atoms with Crippen molar-refractivity contribution >= 4 is 23.0 Å². The van der Waals surface area contributed by atoms with Crippen LogP contribution in [0.4, 0.5) is 5.69 Å². The molecule has 0 aliphatic carbocycles. The van der Waals surface area contributed by atoms with Gasteiger partial charge < -0.3 is 15.4 Å². The van der Waals surface area contributed by atoms with Crippen LogP contribution in [0.3, 0.4) is 0 Å². The van der Waals surface area contributed by atoms with Crippen LogP contribution in [0.25, 0.3) is 0 Å². The molecule has 0 amide bonds. The minimum absolute atomic E-state index is 0.0445. The van der Waals surface area contributed by atoms with E-state index in [2.05, 4.69) is 38.0 Å². The van der Waals surface area contributed by atoms with Gasteiger partial charge in [-0.15, -0.1) is 0 Å². The van der Waals surface area contributed by atoms with E-state index in [0.29, 0.717) is 11.7 Å². The van der Waals surface area contributed by atoms with E-state index < -0.39 is 0 Å². The zero-order valence-corrected chi connectivity index (χ0v) is 11.9. The maximum absolute atomic E-state index is 5.40. The number of thiocarbonyl (C=S) groups is 1. The standard InChI is InChI=1S/C14H20N2OS/c1-5-10-17-12-8-6-11(7-9-12)15-13(18)16-14(2,3)4/h5-9H,1,10H2,2-4H3,(H2,15,16,18). The molecule has 0 unspecified atom stereocenters. The molecule has 0 radical (unpaired) electrons. The summed E-state index contributed by atoms with van der Waals surface area (Å²) in [5.74, 6) is 0.815. The van der Waals surface area contributed by atoms with Gasteiger partial charge in [0.2, 0.25) is 0 Å². The van der Waals surface area contributed by atoms with E-state index >= 15 is 0 Å². The summed E-state index contributed by atoms with van der Waals surface area (Å²) in [7, 11) is 0. The van der Waals surface area contributed by atoms with Crippen molar-refractivity contribution in [1.29, 1.82) is 0 Å². The molecule has 0 aromatic heterocycles. The van der Waals surface area contributed by atoms with E-state index in [1.54, 1.807) is 6.08 Å². The molecule has 0 aliphatic heterocycles. The molecule has 3 nitrogen and oxygen atoms in total. The Morgan fingerprint density at radius 3 is 2.44 bits per heavy atom. The molecule has 4 heteroatoms. The van der Waals surface area contributed by atoms with Gasteiger partial charge in [0.05, 0.1) is 0 Å². The monoisotopic (exact) mass is 264 g/mol. The van der Waals surface area contributed by atoms with Gasteiger partial charge in [-0.3, -0.25) is 0 Å². The van der Waals surface area contributed by atoms with E-state index in [-0.39, 0.29) is 5.54 Å². The predicted octanol–water partition coefficient (Wildman–Crippen LogP) is 3.34. The Labute approximate surface area is 114 Å². The van der Waals surface area contributed by atoms with Crippen LogP contribution in [0, 0.1) is 0 Å². The number of hydrogen-bond donors (Lipinski definition) is 2. The second-order valence-corrected chi connectivity index (χ2v) is 5.36. The van der Waals surface area contributed by atoms with Crippen molar-refractivity contribution in [2.75, 3.05) is 11.9 Å². The van der Waals surface area contributed by atoms with Gasteiger partial charge in [0.15, 0.2) is 5.11 Å². The summed E-state index contributed by atoms with van der Waals surface area (Å²) in [6, 6.07) is 7.64. The molecule has 18 heavy (non-hydrogen) atoms. The van der Waals surface area contributed by atoms with Crippen molar-refractivity contribution in [1.82, 2.24) is 5.32 Å². The van der Waals surface area contributed by atoms with Crippen molar-refractivity contribution in [2.24, 2.45) is 0 Å². The molecule has 1 rings (SSSR count). The Bertz CT molecular complexity index is 407. The van der Waals surface area contributed by atoms with Crippen molar-refractivity contribution in [2.45, 2.75) is 26.3 Å². The summed E-state index contributed by atoms with van der Waals surface area (Å²) in [6.07, 6.45) is 1.72. The molecule has 0 heterocycles. The molecule has 2 N–H and O–H groups in total. The Balaban J connectivity index is 2.53. The third-order valence-electron chi connectivity index (χ3n) is 1.97. The maximum Gasteiger partial charge on any atom is 0.171 e. The van der Waals surface area contributed by atoms with Gasteiger partial charge in [-0.2, -0.15) is 0 Å². The average Bonchev–Trinajstić information content (AvgIpc) is 2.25. The molecule has 0 saturated carbocycles. The lowest BCUT2D eigenvalue weighted by Crippen LogP contribution is -2.42. The highest BCUT2D eigenvalue weighted by Crippen LogP contribution is 2.15. The zero-order chi connectivity index (χ0) is 13.6. The number of hydrogen-bond acceptors (Lipinski definition) is 2. The number of anilines is 1. The molecule has 1 aromatic rings. The number of rotatable bonds is 4. The van der Waals surface area contributed by atoms with Crippen LogP contribution in [0.1, 0.15) is 20.8 Å². The maximum atomic E-state index is 5.40. The lowest BCUT2D eigenvalue weighted by atomic mass is 10.1. The quantitative estimate of drug-likeness (QED) is 0.645. The van der Waals surface area contributed by atoms with Gasteiger partial charge in [-0.05, 0) is 57.3 Å². The Hall–Kier alpha value is -1.55. The summed E-state index contributed by atoms with van der Waals surface area (Å²) >= 11 is 5.22. The van der Waals surface area contributed by atoms with Crippen molar-refractivity contribution < 1.29 is 4.74 Å².